The van der Waals surface area contributed by atoms with Crippen molar-refractivity contribution in [2.45, 2.75) is 39.5 Å². The van der Waals surface area contributed by atoms with E-state index in [0.717, 1.165) is 11.8 Å². The Morgan fingerprint density at radius 3 is 1.70 bits per heavy atom. The molecule has 0 saturated heterocycles. The Balaban J connectivity index is 5.20. The van der Waals surface area contributed by atoms with Gasteiger partial charge in [0.05, 0.1) is 4.87 Å². The van der Waals surface area contributed by atoms with Crippen molar-refractivity contribution in [3.8, 4) is 0 Å². The molecule has 8 heteroatoms. The average Bonchev–Trinajstić information content (AvgIpc) is 2.34. The van der Waals surface area contributed by atoms with Crippen molar-refractivity contribution in [1.29, 1.82) is 0 Å². The zero-order chi connectivity index (χ0) is 15.6. The third kappa shape index (κ3) is 7.23. The number of hydrogen-bond acceptors (Lipinski definition) is 7. The molecule has 0 N–H and O–H groups in total. The quantitative estimate of drug-likeness (QED) is 0.566. The van der Waals surface area contributed by atoms with Crippen molar-refractivity contribution < 1.29 is 22.9 Å². The first-order chi connectivity index (χ1) is 9.41. The van der Waals surface area contributed by atoms with Crippen LogP contribution in [-0.2, 0) is 22.9 Å². The number of carbonyl (C=O) groups excluding carboxylic acids is 2. The summed E-state index contributed by atoms with van der Waals surface area (Å²) >= 11 is 2.31. The normalized spacial score (nSPS) is 13.2. The molecule has 0 spiro atoms. The standard InChI is InChI=1S/C12H24O5S2Si/c1-6-15-20(16-7-2,17-8-3)12(19-11(5)14)9-18-10(4)13/h12H,6-9H2,1-5H3. The van der Waals surface area contributed by atoms with Crippen LogP contribution in [-0.4, -0.2) is 49.5 Å². The second kappa shape index (κ2) is 10.8. The van der Waals surface area contributed by atoms with Crippen molar-refractivity contribution in [3.05, 3.63) is 0 Å². The SMILES string of the molecule is CCO[Si](OCC)(OCC)C(CSC(C)=O)SC(C)=O. The molecule has 0 bridgehead atoms. The van der Waals surface area contributed by atoms with Gasteiger partial charge in [0.1, 0.15) is 0 Å². The minimum absolute atomic E-state index is 0.00606. The summed E-state index contributed by atoms with van der Waals surface area (Å²) in [5.74, 6) is 0.450. The van der Waals surface area contributed by atoms with E-state index in [1.807, 2.05) is 20.8 Å². The van der Waals surface area contributed by atoms with E-state index in [2.05, 4.69) is 0 Å². The van der Waals surface area contributed by atoms with Crippen LogP contribution in [0.1, 0.15) is 34.6 Å². The van der Waals surface area contributed by atoms with Crippen molar-refractivity contribution in [3.63, 3.8) is 0 Å². The van der Waals surface area contributed by atoms with Crippen molar-refractivity contribution in [2.24, 2.45) is 0 Å². The van der Waals surface area contributed by atoms with Gasteiger partial charge in [-0.2, -0.15) is 0 Å². The molecular formula is C12H24O5S2Si. The summed E-state index contributed by atoms with van der Waals surface area (Å²) in [7, 11) is -2.99. The van der Waals surface area contributed by atoms with Crippen LogP contribution in [0.2, 0.25) is 0 Å². The van der Waals surface area contributed by atoms with Gasteiger partial charge >= 0.3 is 8.80 Å². The molecule has 0 radical (unpaired) electrons. The molecule has 0 amide bonds. The summed E-state index contributed by atoms with van der Waals surface area (Å²) < 4.78 is 17.4. The Morgan fingerprint density at radius 2 is 1.40 bits per heavy atom. The summed E-state index contributed by atoms with van der Waals surface area (Å²) in [6, 6.07) is 0. The van der Waals surface area contributed by atoms with Crippen LogP contribution < -0.4 is 0 Å². The van der Waals surface area contributed by atoms with E-state index in [9.17, 15) is 9.59 Å². The van der Waals surface area contributed by atoms with E-state index >= 15 is 0 Å². The Labute approximate surface area is 130 Å². The topological polar surface area (TPSA) is 61.8 Å². The predicted octanol–water partition coefficient (Wildman–Crippen LogP) is 2.50. The smallest absolute Gasteiger partial charge is 0.373 e. The van der Waals surface area contributed by atoms with Gasteiger partial charge in [-0.15, -0.1) is 0 Å². The minimum atomic E-state index is -2.99. The van der Waals surface area contributed by atoms with E-state index in [0.29, 0.717) is 25.6 Å². The van der Waals surface area contributed by atoms with Gasteiger partial charge in [-0.25, -0.2) is 0 Å². The molecule has 20 heavy (non-hydrogen) atoms. The Morgan fingerprint density at radius 1 is 0.950 bits per heavy atom. The third-order valence-electron chi connectivity index (χ3n) is 2.18. The first-order valence-electron chi connectivity index (χ1n) is 6.64. The van der Waals surface area contributed by atoms with Crippen molar-refractivity contribution in [1.82, 2.24) is 0 Å². The van der Waals surface area contributed by atoms with Crippen molar-refractivity contribution >= 4 is 42.6 Å². The lowest BCUT2D eigenvalue weighted by molar-refractivity contribution is -0.110. The van der Waals surface area contributed by atoms with E-state index in [1.54, 1.807) is 0 Å². The van der Waals surface area contributed by atoms with E-state index in [-0.39, 0.29) is 15.1 Å². The molecule has 0 aliphatic carbocycles. The summed E-state index contributed by atoms with van der Waals surface area (Å²) in [6.45, 7) is 9.96. The van der Waals surface area contributed by atoms with Gasteiger partial charge in [-0.05, 0) is 20.8 Å². The maximum atomic E-state index is 11.5. The van der Waals surface area contributed by atoms with Crippen LogP contribution in [0.3, 0.4) is 0 Å². The largest absolute Gasteiger partial charge is 0.516 e. The molecule has 0 rings (SSSR count). The van der Waals surface area contributed by atoms with E-state index < -0.39 is 8.80 Å². The molecule has 0 heterocycles. The van der Waals surface area contributed by atoms with Gasteiger partial charge in [0.2, 0.25) is 0 Å². The van der Waals surface area contributed by atoms with Crippen molar-refractivity contribution in [2.75, 3.05) is 25.6 Å². The minimum Gasteiger partial charge on any atom is -0.373 e. The van der Waals surface area contributed by atoms with E-state index in [1.165, 1.54) is 25.6 Å². The van der Waals surface area contributed by atoms with Gasteiger partial charge in [0.25, 0.3) is 0 Å². The monoisotopic (exact) mass is 340 g/mol. The highest BCUT2D eigenvalue weighted by Gasteiger charge is 2.50. The molecule has 0 aromatic carbocycles. The molecule has 5 nitrogen and oxygen atoms in total. The third-order valence-corrected chi connectivity index (χ3v) is 8.66. The molecule has 0 aliphatic rings. The van der Waals surface area contributed by atoms with Crippen LogP contribution in [0, 0.1) is 0 Å². The predicted molar refractivity (Wildman–Crippen MR) is 85.8 cm³/mol. The second-order valence-electron chi connectivity index (χ2n) is 3.80. The Kier molecular flexibility index (Phi) is 10.9. The molecule has 0 saturated carbocycles. The van der Waals surface area contributed by atoms with Gasteiger partial charge in [0, 0.05) is 39.4 Å². The fraction of sp³-hybridized carbons (Fsp3) is 0.833. The molecule has 0 aliphatic heterocycles. The van der Waals surface area contributed by atoms with Crippen LogP contribution in [0.25, 0.3) is 0 Å². The summed E-state index contributed by atoms with van der Waals surface area (Å²) in [4.78, 5) is 22.4. The average molecular weight is 341 g/mol. The maximum absolute atomic E-state index is 11.5. The molecule has 1 unspecified atom stereocenters. The first kappa shape index (κ1) is 20.1. The van der Waals surface area contributed by atoms with Gasteiger partial charge in [-0.1, -0.05) is 23.5 Å². The number of thioether (sulfide) groups is 2. The van der Waals surface area contributed by atoms with Gasteiger partial charge in [0.15, 0.2) is 10.2 Å². The maximum Gasteiger partial charge on any atom is 0.516 e. The molecule has 1 atom stereocenters. The number of rotatable bonds is 10. The Hall–Kier alpha value is 0.137. The molecule has 0 aromatic rings. The first-order valence-corrected chi connectivity index (χ1v) is 10.3. The summed E-state index contributed by atoms with van der Waals surface area (Å²) in [5.41, 5.74) is 0. The Bertz CT molecular complexity index is 297. The number of carbonyl (C=O) groups is 2. The fourth-order valence-electron chi connectivity index (χ4n) is 1.61. The van der Waals surface area contributed by atoms with Crippen LogP contribution in [0.5, 0.6) is 0 Å². The fourth-order valence-corrected chi connectivity index (χ4v) is 7.64. The van der Waals surface area contributed by atoms with Crippen LogP contribution in [0.15, 0.2) is 0 Å². The summed E-state index contributed by atoms with van der Waals surface area (Å²) in [5, 5.41) is -0.0262. The molecule has 0 aromatic heterocycles. The highest BCUT2D eigenvalue weighted by Crippen LogP contribution is 2.29. The number of hydrogen-bond donors (Lipinski definition) is 0. The zero-order valence-corrected chi connectivity index (χ0v) is 15.4. The lowest BCUT2D eigenvalue weighted by Crippen LogP contribution is -2.56. The lowest BCUT2D eigenvalue weighted by Gasteiger charge is -2.34. The lowest BCUT2D eigenvalue weighted by atomic mass is 10.9. The highest BCUT2D eigenvalue weighted by atomic mass is 32.2. The van der Waals surface area contributed by atoms with E-state index in [4.69, 9.17) is 13.3 Å². The highest BCUT2D eigenvalue weighted by molar-refractivity contribution is 8.18. The molecule has 0 fully saturated rings. The molecular weight excluding hydrogens is 316 g/mol. The molecule has 118 valence electrons. The zero-order valence-electron chi connectivity index (χ0n) is 12.8. The van der Waals surface area contributed by atoms with Crippen LogP contribution >= 0.6 is 23.5 Å². The van der Waals surface area contributed by atoms with Crippen LogP contribution in [0.4, 0.5) is 0 Å². The second-order valence-corrected chi connectivity index (χ2v) is 9.57. The van der Waals surface area contributed by atoms with Gasteiger partial charge < -0.3 is 13.3 Å². The van der Waals surface area contributed by atoms with Gasteiger partial charge in [-0.3, -0.25) is 9.59 Å². The summed E-state index contributed by atoms with van der Waals surface area (Å²) in [6.07, 6.45) is 0.